The van der Waals surface area contributed by atoms with Crippen molar-refractivity contribution in [3.05, 3.63) is 40.1 Å². The van der Waals surface area contributed by atoms with Crippen molar-refractivity contribution in [3.8, 4) is 23.0 Å². The highest BCUT2D eigenvalue weighted by molar-refractivity contribution is 5.99. The zero-order valence-corrected chi connectivity index (χ0v) is 13.9. The first kappa shape index (κ1) is 15.4. The van der Waals surface area contributed by atoms with Gasteiger partial charge in [0, 0.05) is 12.1 Å². The maximum Gasteiger partial charge on any atom is 0.204 e. The molecule has 0 spiro atoms. The summed E-state index contributed by atoms with van der Waals surface area (Å²) < 4.78 is 17.2. The average Bonchev–Trinajstić information content (AvgIpc) is 2.55. The molecule has 0 aliphatic carbocycles. The third kappa shape index (κ3) is 2.21. The minimum absolute atomic E-state index is 0.155. The van der Waals surface area contributed by atoms with E-state index in [1.807, 2.05) is 26.0 Å². The first-order valence-electron chi connectivity index (χ1n) is 7.72. The molecule has 2 aromatic carbocycles. The summed E-state index contributed by atoms with van der Waals surface area (Å²) in [5, 5.41) is 19.8. The lowest BCUT2D eigenvalue weighted by atomic mass is 9.99. The van der Waals surface area contributed by atoms with Crippen LogP contribution in [0.15, 0.2) is 33.5 Å². The van der Waals surface area contributed by atoms with Gasteiger partial charge in [0.1, 0.15) is 28.1 Å². The van der Waals surface area contributed by atoms with E-state index in [1.165, 1.54) is 19.2 Å². The van der Waals surface area contributed by atoms with Crippen molar-refractivity contribution in [1.29, 1.82) is 0 Å². The second-order valence-corrected chi connectivity index (χ2v) is 6.50. The summed E-state index contributed by atoms with van der Waals surface area (Å²) in [4.78, 5) is 12.9. The summed E-state index contributed by atoms with van der Waals surface area (Å²) in [6.07, 6.45) is 3.72. The van der Waals surface area contributed by atoms with Crippen LogP contribution in [0.2, 0.25) is 0 Å². The molecule has 0 saturated heterocycles. The van der Waals surface area contributed by atoms with E-state index in [0.29, 0.717) is 22.6 Å². The summed E-state index contributed by atoms with van der Waals surface area (Å²) in [5.74, 6) is 0.117. The van der Waals surface area contributed by atoms with Gasteiger partial charge in [0.2, 0.25) is 5.43 Å². The normalized spacial score (nSPS) is 15.2. The number of fused-ring (bicyclic) bond motifs is 4. The van der Waals surface area contributed by atoms with E-state index in [9.17, 15) is 15.0 Å². The first-order chi connectivity index (χ1) is 11.8. The van der Waals surface area contributed by atoms with Gasteiger partial charge in [-0.15, -0.1) is 0 Å². The average molecular weight is 340 g/mol. The minimum Gasteiger partial charge on any atom is -0.504 e. The summed E-state index contributed by atoms with van der Waals surface area (Å²) in [5.41, 5.74) is 0.253. The molecule has 0 unspecified atom stereocenters. The fraction of sp³-hybridized carbons (Fsp3) is 0.211. The molecule has 0 saturated carbocycles. The quantitative estimate of drug-likeness (QED) is 0.520. The lowest BCUT2D eigenvalue weighted by Crippen LogP contribution is -2.27. The Morgan fingerprint density at radius 2 is 1.84 bits per heavy atom. The maximum atomic E-state index is 12.9. The summed E-state index contributed by atoms with van der Waals surface area (Å²) >= 11 is 0. The second kappa shape index (κ2) is 4.92. The molecule has 1 aliphatic heterocycles. The maximum absolute atomic E-state index is 12.9. The number of phenols is 2. The van der Waals surface area contributed by atoms with Crippen molar-refractivity contribution >= 4 is 28.0 Å². The number of aromatic hydroxyl groups is 2. The van der Waals surface area contributed by atoms with E-state index >= 15 is 0 Å². The molecule has 25 heavy (non-hydrogen) atoms. The molecule has 0 fully saturated rings. The smallest absolute Gasteiger partial charge is 0.204 e. The highest BCUT2D eigenvalue weighted by Crippen LogP contribution is 2.41. The van der Waals surface area contributed by atoms with Crippen LogP contribution in [-0.4, -0.2) is 22.9 Å². The number of benzene rings is 2. The van der Waals surface area contributed by atoms with Crippen molar-refractivity contribution in [2.24, 2.45) is 0 Å². The van der Waals surface area contributed by atoms with Crippen LogP contribution >= 0.6 is 0 Å². The van der Waals surface area contributed by atoms with Crippen molar-refractivity contribution in [2.45, 2.75) is 19.4 Å². The fourth-order valence-electron chi connectivity index (χ4n) is 3.02. The molecule has 0 bridgehead atoms. The van der Waals surface area contributed by atoms with E-state index < -0.39 is 5.60 Å². The van der Waals surface area contributed by atoms with Crippen LogP contribution in [0.5, 0.6) is 23.0 Å². The van der Waals surface area contributed by atoms with E-state index in [-0.39, 0.29) is 33.3 Å². The van der Waals surface area contributed by atoms with E-state index in [2.05, 4.69) is 0 Å². The molecule has 1 aliphatic rings. The Labute approximate surface area is 142 Å². The van der Waals surface area contributed by atoms with Crippen molar-refractivity contribution in [3.63, 3.8) is 0 Å². The van der Waals surface area contributed by atoms with Gasteiger partial charge < -0.3 is 24.1 Å². The Bertz CT molecular complexity index is 1120. The molecule has 6 heteroatoms. The molecular formula is C19H16O6. The second-order valence-electron chi connectivity index (χ2n) is 6.50. The van der Waals surface area contributed by atoms with Crippen molar-refractivity contribution < 1.29 is 24.1 Å². The number of hydrogen-bond donors (Lipinski definition) is 2. The topological polar surface area (TPSA) is 89.1 Å². The monoisotopic (exact) mass is 340 g/mol. The van der Waals surface area contributed by atoms with Gasteiger partial charge in [-0.2, -0.15) is 0 Å². The predicted octanol–water partition coefficient (Wildman–Crippen LogP) is 3.55. The van der Waals surface area contributed by atoms with Crippen LogP contribution < -0.4 is 14.9 Å². The van der Waals surface area contributed by atoms with Crippen LogP contribution in [0.3, 0.4) is 0 Å². The van der Waals surface area contributed by atoms with Crippen LogP contribution in [0.1, 0.15) is 19.4 Å². The number of rotatable bonds is 1. The van der Waals surface area contributed by atoms with Gasteiger partial charge in [-0.05, 0) is 32.1 Å². The summed E-state index contributed by atoms with van der Waals surface area (Å²) in [6.45, 7) is 3.83. The number of phenolic OH excluding ortho intramolecular Hbond substituents is 2. The Kier molecular flexibility index (Phi) is 3.03. The van der Waals surface area contributed by atoms with Crippen LogP contribution in [0, 0.1) is 0 Å². The van der Waals surface area contributed by atoms with Gasteiger partial charge >= 0.3 is 0 Å². The highest BCUT2D eigenvalue weighted by atomic mass is 16.5. The molecule has 128 valence electrons. The molecule has 4 rings (SSSR count). The zero-order valence-electron chi connectivity index (χ0n) is 13.9. The van der Waals surface area contributed by atoms with Gasteiger partial charge in [0.15, 0.2) is 17.1 Å². The molecular weight excluding hydrogens is 324 g/mol. The number of hydrogen-bond acceptors (Lipinski definition) is 6. The molecule has 0 radical (unpaired) electrons. The highest BCUT2D eigenvalue weighted by Gasteiger charge is 2.27. The van der Waals surface area contributed by atoms with Crippen LogP contribution in [0.25, 0.3) is 28.0 Å². The molecule has 2 N–H and O–H groups in total. The zero-order chi connectivity index (χ0) is 17.9. The third-order valence-corrected chi connectivity index (χ3v) is 4.25. The summed E-state index contributed by atoms with van der Waals surface area (Å²) in [6, 6.07) is 4.06. The molecule has 6 nitrogen and oxygen atoms in total. The van der Waals surface area contributed by atoms with Crippen LogP contribution in [0.4, 0.5) is 0 Å². The SMILES string of the molecule is COc1cc2c(c3oc4cc(O)c(O)cc4c(=O)c13)C=CC(C)(C)O2. The Balaban J connectivity index is 2.19. The number of methoxy groups -OCH3 is 1. The number of ether oxygens (including phenoxy) is 2. The lowest BCUT2D eigenvalue weighted by Gasteiger charge is -2.28. The lowest BCUT2D eigenvalue weighted by molar-refractivity contribution is 0.158. The van der Waals surface area contributed by atoms with Crippen LogP contribution in [-0.2, 0) is 0 Å². The predicted molar refractivity (Wildman–Crippen MR) is 93.6 cm³/mol. The van der Waals surface area contributed by atoms with E-state index in [1.54, 1.807) is 6.07 Å². The fourth-order valence-corrected chi connectivity index (χ4v) is 3.02. The molecule has 1 aromatic heterocycles. The Morgan fingerprint density at radius 1 is 1.12 bits per heavy atom. The molecule has 0 amide bonds. The van der Waals surface area contributed by atoms with Gasteiger partial charge in [-0.25, -0.2) is 0 Å². The van der Waals surface area contributed by atoms with E-state index in [4.69, 9.17) is 13.9 Å². The first-order valence-corrected chi connectivity index (χ1v) is 7.72. The van der Waals surface area contributed by atoms with Gasteiger partial charge in [0.05, 0.1) is 18.1 Å². The van der Waals surface area contributed by atoms with Crippen molar-refractivity contribution in [1.82, 2.24) is 0 Å². The molecule has 2 heterocycles. The van der Waals surface area contributed by atoms with Gasteiger partial charge in [-0.3, -0.25) is 4.79 Å². The van der Waals surface area contributed by atoms with Crippen molar-refractivity contribution in [2.75, 3.05) is 7.11 Å². The minimum atomic E-state index is -0.493. The molecule has 0 atom stereocenters. The Morgan fingerprint density at radius 3 is 2.56 bits per heavy atom. The standard InChI is InChI=1S/C19H16O6/c1-19(2)5-4-9-14(25-19)8-15(23-3)16-17(22)10-6-11(20)12(21)7-13(10)24-18(9)16/h4-8,20-21H,1-3H3. The molecule has 3 aromatic rings. The van der Waals surface area contributed by atoms with Gasteiger partial charge in [-0.1, -0.05) is 0 Å². The van der Waals surface area contributed by atoms with Gasteiger partial charge in [0.25, 0.3) is 0 Å². The van der Waals surface area contributed by atoms with E-state index in [0.717, 1.165) is 0 Å². The Hall–Kier alpha value is -3.15. The largest absolute Gasteiger partial charge is 0.504 e. The third-order valence-electron chi connectivity index (χ3n) is 4.25. The summed E-state index contributed by atoms with van der Waals surface area (Å²) in [7, 11) is 1.46.